The summed E-state index contributed by atoms with van der Waals surface area (Å²) in [6.07, 6.45) is -3.95. The lowest BCUT2D eigenvalue weighted by Crippen LogP contribution is -2.28. The standard InChI is InChI=1S/C16H17F3N2O2/c1-4-13-20-10(3)14(23-13)15(22)21-9(2)11-7-5-6-8-12(11)16(17,18)19/h5-9H,4H2,1-3H3,(H,21,22)/t9-/m0/s1. The number of hydrogen-bond acceptors (Lipinski definition) is 3. The fraction of sp³-hybridized carbons (Fsp3) is 0.375. The van der Waals surface area contributed by atoms with Crippen LogP contribution in [0.15, 0.2) is 28.7 Å². The summed E-state index contributed by atoms with van der Waals surface area (Å²) in [5, 5.41) is 2.53. The van der Waals surface area contributed by atoms with Gasteiger partial charge in [0.2, 0.25) is 5.76 Å². The summed E-state index contributed by atoms with van der Waals surface area (Å²) in [4.78, 5) is 16.3. The molecule has 1 aromatic heterocycles. The molecule has 1 N–H and O–H groups in total. The second kappa shape index (κ2) is 6.44. The number of benzene rings is 1. The number of aromatic nitrogens is 1. The number of rotatable bonds is 4. The monoisotopic (exact) mass is 326 g/mol. The Balaban J connectivity index is 2.24. The van der Waals surface area contributed by atoms with Gasteiger partial charge in [-0.3, -0.25) is 4.79 Å². The first-order valence-electron chi connectivity index (χ1n) is 7.17. The molecule has 1 atom stereocenters. The Kier molecular flexibility index (Phi) is 4.77. The van der Waals surface area contributed by atoms with Crippen molar-refractivity contribution in [3.05, 3.63) is 52.7 Å². The van der Waals surface area contributed by atoms with Crippen LogP contribution in [0.25, 0.3) is 0 Å². The summed E-state index contributed by atoms with van der Waals surface area (Å²) in [5.74, 6) is -0.145. The maximum atomic E-state index is 13.0. The predicted octanol–water partition coefficient (Wildman–Crippen LogP) is 4.06. The normalized spacial score (nSPS) is 13.0. The molecule has 7 heteroatoms. The SMILES string of the molecule is CCc1nc(C)c(C(=O)N[C@@H](C)c2ccccc2C(F)(F)F)o1. The summed E-state index contributed by atoms with van der Waals surface area (Å²) in [6.45, 7) is 4.94. The minimum Gasteiger partial charge on any atom is -0.435 e. The molecule has 0 aliphatic carbocycles. The van der Waals surface area contributed by atoms with E-state index in [4.69, 9.17) is 4.42 Å². The van der Waals surface area contributed by atoms with E-state index in [2.05, 4.69) is 10.3 Å². The van der Waals surface area contributed by atoms with E-state index in [-0.39, 0.29) is 11.3 Å². The number of amides is 1. The highest BCUT2D eigenvalue weighted by molar-refractivity contribution is 5.92. The van der Waals surface area contributed by atoms with Gasteiger partial charge in [-0.2, -0.15) is 13.2 Å². The molecular weight excluding hydrogens is 309 g/mol. The van der Waals surface area contributed by atoms with Gasteiger partial charge in [0.05, 0.1) is 17.3 Å². The van der Waals surface area contributed by atoms with Gasteiger partial charge in [0, 0.05) is 6.42 Å². The fourth-order valence-electron chi connectivity index (χ4n) is 2.29. The number of carbonyl (C=O) groups is 1. The number of oxazole rings is 1. The van der Waals surface area contributed by atoms with Gasteiger partial charge in [0.25, 0.3) is 5.91 Å². The van der Waals surface area contributed by atoms with Gasteiger partial charge in [-0.15, -0.1) is 0 Å². The van der Waals surface area contributed by atoms with Crippen molar-refractivity contribution in [2.75, 3.05) is 0 Å². The third-order valence-electron chi connectivity index (χ3n) is 3.43. The van der Waals surface area contributed by atoms with Crippen molar-refractivity contribution in [1.29, 1.82) is 0 Å². The smallest absolute Gasteiger partial charge is 0.416 e. The van der Waals surface area contributed by atoms with Crippen LogP contribution >= 0.6 is 0 Å². The van der Waals surface area contributed by atoms with E-state index in [9.17, 15) is 18.0 Å². The van der Waals surface area contributed by atoms with E-state index in [0.29, 0.717) is 18.0 Å². The van der Waals surface area contributed by atoms with Crippen molar-refractivity contribution < 1.29 is 22.4 Å². The molecule has 0 aliphatic heterocycles. The molecule has 1 heterocycles. The zero-order chi connectivity index (χ0) is 17.2. The zero-order valence-corrected chi connectivity index (χ0v) is 13.0. The summed E-state index contributed by atoms with van der Waals surface area (Å²) >= 11 is 0. The molecule has 4 nitrogen and oxygen atoms in total. The van der Waals surface area contributed by atoms with Gasteiger partial charge in [0.1, 0.15) is 0 Å². The molecule has 2 aromatic rings. The quantitative estimate of drug-likeness (QED) is 0.922. The molecule has 1 amide bonds. The summed E-state index contributed by atoms with van der Waals surface area (Å²) in [7, 11) is 0. The number of hydrogen-bond donors (Lipinski definition) is 1. The van der Waals surface area contributed by atoms with E-state index in [0.717, 1.165) is 6.07 Å². The molecule has 0 aliphatic rings. The molecule has 0 bridgehead atoms. The van der Waals surface area contributed by atoms with Crippen molar-refractivity contribution in [1.82, 2.24) is 10.3 Å². The Labute approximate surface area is 131 Å². The first-order valence-corrected chi connectivity index (χ1v) is 7.17. The number of nitrogens with one attached hydrogen (secondary N) is 1. The van der Waals surface area contributed by atoms with Crippen molar-refractivity contribution in [3.63, 3.8) is 0 Å². The van der Waals surface area contributed by atoms with Crippen LogP contribution in [-0.4, -0.2) is 10.9 Å². The zero-order valence-electron chi connectivity index (χ0n) is 13.0. The van der Waals surface area contributed by atoms with Crippen LogP contribution in [0.2, 0.25) is 0 Å². The molecule has 0 spiro atoms. The molecule has 0 radical (unpaired) electrons. The van der Waals surface area contributed by atoms with Crippen LogP contribution in [0.5, 0.6) is 0 Å². The van der Waals surface area contributed by atoms with E-state index < -0.39 is 23.7 Å². The van der Waals surface area contributed by atoms with Crippen LogP contribution in [0.3, 0.4) is 0 Å². The van der Waals surface area contributed by atoms with E-state index in [1.807, 2.05) is 6.92 Å². The number of aryl methyl sites for hydroxylation is 2. The third-order valence-corrected chi connectivity index (χ3v) is 3.43. The highest BCUT2D eigenvalue weighted by atomic mass is 19.4. The summed E-state index contributed by atoms with van der Waals surface area (Å²) in [6, 6.07) is 4.33. The third kappa shape index (κ3) is 3.72. The topological polar surface area (TPSA) is 55.1 Å². The maximum absolute atomic E-state index is 13.0. The minimum atomic E-state index is -4.48. The Morgan fingerprint density at radius 1 is 1.35 bits per heavy atom. The maximum Gasteiger partial charge on any atom is 0.416 e. The van der Waals surface area contributed by atoms with Gasteiger partial charge in [-0.25, -0.2) is 4.98 Å². The van der Waals surface area contributed by atoms with Gasteiger partial charge in [-0.1, -0.05) is 25.1 Å². The average Bonchev–Trinajstić information content (AvgIpc) is 2.87. The minimum absolute atomic E-state index is 0.00114. The lowest BCUT2D eigenvalue weighted by atomic mass is 10.0. The fourth-order valence-corrected chi connectivity index (χ4v) is 2.29. The Bertz CT molecular complexity index is 708. The predicted molar refractivity (Wildman–Crippen MR) is 77.9 cm³/mol. The Hall–Kier alpha value is -2.31. The van der Waals surface area contributed by atoms with E-state index in [1.54, 1.807) is 6.92 Å². The number of alkyl halides is 3. The molecule has 124 valence electrons. The lowest BCUT2D eigenvalue weighted by molar-refractivity contribution is -0.138. The Morgan fingerprint density at radius 3 is 2.57 bits per heavy atom. The van der Waals surface area contributed by atoms with Gasteiger partial charge < -0.3 is 9.73 Å². The van der Waals surface area contributed by atoms with E-state index >= 15 is 0 Å². The molecule has 0 saturated heterocycles. The average molecular weight is 326 g/mol. The summed E-state index contributed by atoms with van der Waals surface area (Å²) < 4.78 is 44.4. The molecule has 0 fully saturated rings. The molecule has 2 rings (SSSR count). The largest absolute Gasteiger partial charge is 0.435 e. The first kappa shape index (κ1) is 17.1. The number of nitrogens with zero attached hydrogens (tertiary/aromatic N) is 1. The van der Waals surface area contributed by atoms with Crippen molar-refractivity contribution in [2.45, 2.75) is 39.4 Å². The molecule has 0 saturated carbocycles. The van der Waals surface area contributed by atoms with Crippen molar-refractivity contribution >= 4 is 5.91 Å². The van der Waals surface area contributed by atoms with Crippen LogP contribution in [0.4, 0.5) is 13.2 Å². The molecule has 0 unspecified atom stereocenters. The number of halogens is 3. The van der Waals surface area contributed by atoms with Crippen LogP contribution in [-0.2, 0) is 12.6 Å². The Morgan fingerprint density at radius 2 is 2.00 bits per heavy atom. The second-order valence-corrected chi connectivity index (χ2v) is 5.16. The van der Waals surface area contributed by atoms with E-state index in [1.165, 1.54) is 25.1 Å². The van der Waals surface area contributed by atoms with Crippen molar-refractivity contribution in [2.24, 2.45) is 0 Å². The highest BCUT2D eigenvalue weighted by Gasteiger charge is 2.34. The molecular formula is C16H17F3N2O2. The first-order chi connectivity index (χ1) is 10.7. The van der Waals surface area contributed by atoms with Gasteiger partial charge >= 0.3 is 6.18 Å². The van der Waals surface area contributed by atoms with Crippen molar-refractivity contribution in [3.8, 4) is 0 Å². The highest BCUT2D eigenvalue weighted by Crippen LogP contribution is 2.34. The number of carbonyl (C=O) groups excluding carboxylic acids is 1. The second-order valence-electron chi connectivity index (χ2n) is 5.16. The summed E-state index contributed by atoms with van der Waals surface area (Å²) in [5.41, 5.74) is -0.353. The van der Waals surface area contributed by atoms with Crippen LogP contribution in [0.1, 0.15) is 53.2 Å². The molecule has 23 heavy (non-hydrogen) atoms. The lowest BCUT2D eigenvalue weighted by Gasteiger charge is -2.19. The van der Waals surface area contributed by atoms with Gasteiger partial charge in [-0.05, 0) is 25.5 Å². The van der Waals surface area contributed by atoms with Gasteiger partial charge in [0.15, 0.2) is 5.89 Å². The van der Waals surface area contributed by atoms with Crippen LogP contribution in [0, 0.1) is 6.92 Å². The van der Waals surface area contributed by atoms with Crippen LogP contribution < -0.4 is 5.32 Å². The molecule has 1 aromatic carbocycles.